The highest BCUT2D eigenvalue weighted by atomic mass is 32.2. The van der Waals surface area contributed by atoms with Gasteiger partial charge in [0.2, 0.25) is 0 Å². The van der Waals surface area contributed by atoms with E-state index in [2.05, 4.69) is 22.4 Å². The number of thiazole rings is 1. The molecule has 0 aliphatic carbocycles. The Kier molecular flexibility index (Phi) is 8.28. The van der Waals surface area contributed by atoms with E-state index in [0.29, 0.717) is 18.1 Å². The average molecular weight is 588 g/mol. The van der Waals surface area contributed by atoms with E-state index >= 15 is 0 Å². The third-order valence-electron chi connectivity index (χ3n) is 6.90. The summed E-state index contributed by atoms with van der Waals surface area (Å²) in [6.07, 6.45) is 0.556. The largest absolute Gasteiger partial charge is 0.497 e. The summed E-state index contributed by atoms with van der Waals surface area (Å²) in [6.45, 7) is 2.66. The predicted molar refractivity (Wildman–Crippen MR) is 148 cm³/mol. The van der Waals surface area contributed by atoms with Gasteiger partial charge in [0, 0.05) is 17.7 Å². The molecule has 12 nitrogen and oxygen atoms in total. The first kappa shape index (κ1) is 27.9. The molecule has 1 aromatic heterocycles. The standard InChI is InChI=1S/C26H29N5O7S2/c1-13-8-9-37-21(13)16-11-39-24-19(29-22(32)18(30-36-3)17-12-40-26(27)28-17)23(33)31(24)20(16)25(34)38-10-14-4-6-15(35-2)7-5-14/h4-7,12-13,19,21,24H,8-11H2,1-3H3,(H2,27,28)(H,29,32)/t13-,19+,21+,24+/m0/s1. The van der Waals surface area contributed by atoms with Gasteiger partial charge in [-0.3, -0.25) is 14.5 Å². The lowest BCUT2D eigenvalue weighted by molar-refractivity contribution is -0.153. The van der Waals surface area contributed by atoms with Crippen molar-refractivity contribution < 1.29 is 33.4 Å². The summed E-state index contributed by atoms with van der Waals surface area (Å²) >= 11 is 2.60. The minimum Gasteiger partial charge on any atom is -0.497 e. The smallest absolute Gasteiger partial charge is 0.355 e. The molecule has 14 heteroatoms. The van der Waals surface area contributed by atoms with Gasteiger partial charge in [0.1, 0.15) is 42.3 Å². The molecule has 4 heterocycles. The Balaban J connectivity index is 1.36. The first-order valence-corrected chi connectivity index (χ1v) is 14.5. The van der Waals surface area contributed by atoms with E-state index in [1.54, 1.807) is 36.8 Å². The van der Waals surface area contributed by atoms with E-state index in [1.807, 2.05) is 0 Å². The van der Waals surface area contributed by atoms with E-state index in [9.17, 15) is 14.4 Å². The molecule has 2 amide bonds. The van der Waals surface area contributed by atoms with E-state index in [4.69, 9.17) is 24.8 Å². The van der Waals surface area contributed by atoms with E-state index in [1.165, 1.54) is 23.8 Å². The number of amides is 2. The fraction of sp³-hybridized carbons (Fsp3) is 0.423. The van der Waals surface area contributed by atoms with Crippen LogP contribution in [0.25, 0.3) is 0 Å². The van der Waals surface area contributed by atoms with Crippen molar-refractivity contribution in [1.82, 2.24) is 15.2 Å². The Morgan fingerprint density at radius 3 is 2.67 bits per heavy atom. The van der Waals surface area contributed by atoms with Crippen molar-refractivity contribution in [2.24, 2.45) is 11.1 Å². The summed E-state index contributed by atoms with van der Waals surface area (Å²) in [4.78, 5) is 50.4. The number of β-lactam (4-membered cyclic amide) rings is 1. The number of thioether (sulfide) groups is 1. The molecule has 3 aliphatic heterocycles. The minimum absolute atomic E-state index is 0.0221. The molecule has 3 aliphatic rings. The molecule has 3 N–H and O–H groups in total. The molecule has 2 fully saturated rings. The molecular weight excluding hydrogens is 558 g/mol. The highest BCUT2D eigenvalue weighted by Crippen LogP contribution is 2.44. The number of nitrogens with one attached hydrogen (secondary N) is 1. The third kappa shape index (κ3) is 5.38. The number of nitrogen functional groups attached to an aromatic ring is 1. The van der Waals surface area contributed by atoms with Crippen molar-refractivity contribution in [3.8, 4) is 5.75 Å². The Morgan fingerprint density at radius 1 is 1.27 bits per heavy atom. The summed E-state index contributed by atoms with van der Waals surface area (Å²) in [7, 11) is 2.88. The first-order chi connectivity index (χ1) is 19.3. The number of rotatable bonds is 9. The second kappa shape index (κ2) is 11.9. The number of ether oxygens (including phenoxy) is 3. The number of benzene rings is 1. The van der Waals surface area contributed by atoms with Gasteiger partial charge in [0.05, 0.1) is 13.2 Å². The summed E-state index contributed by atoms with van der Waals surface area (Å²) in [5.74, 6) is -0.365. The number of nitrogens with zero attached hydrogens (tertiary/aromatic N) is 3. The lowest BCUT2D eigenvalue weighted by Crippen LogP contribution is -2.71. The van der Waals surface area contributed by atoms with Crippen LogP contribution in [0, 0.1) is 5.92 Å². The number of oxime groups is 1. The van der Waals surface area contributed by atoms with Gasteiger partial charge in [0.15, 0.2) is 10.8 Å². The van der Waals surface area contributed by atoms with Crippen LogP contribution >= 0.6 is 23.1 Å². The van der Waals surface area contributed by atoms with E-state index in [-0.39, 0.29) is 40.9 Å². The van der Waals surface area contributed by atoms with Gasteiger partial charge in [0.25, 0.3) is 11.8 Å². The molecular formula is C26H29N5O7S2. The van der Waals surface area contributed by atoms with Crippen LogP contribution in [0.3, 0.4) is 0 Å². The normalized spacial score (nSPS) is 24.3. The highest BCUT2D eigenvalue weighted by molar-refractivity contribution is 8.00. The van der Waals surface area contributed by atoms with Crippen LogP contribution in [-0.4, -0.2) is 77.5 Å². The zero-order valence-electron chi connectivity index (χ0n) is 22.1. The predicted octanol–water partition coefficient (Wildman–Crippen LogP) is 1.91. The highest BCUT2D eigenvalue weighted by Gasteiger charge is 2.56. The molecule has 0 radical (unpaired) electrons. The molecule has 0 bridgehead atoms. The van der Waals surface area contributed by atoms with Crippen molar-refractivity contribution in [2.75, 3.05) is 32.3 Å². The Hall–Kier alpha value is -3.62. The molecule has 0 spiro atoms. The quantitative estimate of drug-likeness (QED) is 0.192. The fourth-order valence-corrected chi connectivity index (χ4v) is 6.77. The van der Waals surface area contributed by atoms with Crippen LogP contribution in [0.1, 0.15) is 24.6 Å². The van der Waals surface area contributed by atoms with Crippen molar-refractivity contribution >= 4 is 51.7 Å². The molecule has 2 aromatic rings. The Bertz CT molecular complexity index is 1360. The molecule has 2 saturated heterocycles. The molecule has 0 unspecified atom stereocenters. The van der Waals surface area contributed by atoms with Crippen LogP contribution in [0.4, 0.5) is 5.13 Å². The average Bonchev–Trinajstić information content (AvgIpc) is 3.60. The molecule has 5 rings (SSSR count). The zero-order chi connectivity index (χ0) is 28.4. The fourth-order valence-electron chi connectivity index (χ4n) is 4.83. The number of aromatic nitrogens is 1. The summed E-state index contributed by atoms with van der Waals surface area (Å²) in [5, 5.41) is 7.83. The lowest BCUT2D eigenvalue weighted by atomic mass is 9.94. The van der Waals surface area contributed by atoms with Crippen LogP contribution in [-0.2, 0) is 35.3 Å². The van der Waals surface area contributed by atoms with E-state index < -0.39 is 29.2 Å². The van der Waals surface area contributed by atoms with Crippen molar-refractivity contribution in [2.45, 2.75) is 37.5 Å². The van der Waals surface area contributed by atoms with E-state index in [0.717, 1.165) is 28.9 Å². The van der Waals surface area contributed by atoms with Crippen LogP contribution < -0.4 is 15.8 Å². The first-order valence-electron chi connectivity index (χ1n) is 12.5. The van der Waals surface area contributed by atoms with Gasteiger partial charge in [-0.05, 0) is 35.6 Å². The topological polar surface area (TPSA) is 155 Å². The Morgan fingerprint density at radius 2 is 2.05 bits per heavy atom. The Labute approximate surface area is 238 Å². The lowest BCUT2D eigenvalue weighted by Gasteiger charge is -2.50. The van der Waals surface area contributed by atoms with Crippen molar-refractivity contribution in [3.63, 3.8) is 0 Å². The zero-order valence-corrected chi connectivity index (χ0v) is 23.8. The number of carbonyl (C=O) groups excluding carboxylic acids is 3. The van der Waals surface area contributed by atoms with Gasteiger partial charge in [-0.1, -0.05) is 24.2 Å². The van der Waals surface area contributed by atoms with Gasteiger partial charge >= 0.3 is 5.97 Å². The number of carbonyl (C=O) groups is 3. The van der Waals surface area contributed by atoms with Crippen LogP contribution in [0.2, 0.25) is 0 Å². The number of hydrogen-bond donors (Lipinski definition) is 2. The maximum Gasteiger partial charge on any atom is 0.355 e. The molecule has 4 atom stereocenters. The third-order valence-corrected chi connectivity index (χ3v) is 8.88. The number of hydrogen-bond acceptors (Lipinski definition) is 12. The molecule has 40 heavy (non-hydrogen) atoms. The van der Waals surface area contributed by atoms with Crippen molar-refractivity contribution in [3.05, 3.63) is 52.2 Å². The number of nitrogens with two attached hydrogens (primary N) is 1. The van der Waals surface area contributed by atoms with Crippen LogP contribution in [0.5, 0.6) is 5.75 Å². The van der Waals surface area contributed by atoms with Gasteiger partial charge in [-0.2, -0.15) is 0 Å². The number of esters is 1. The maximum atomic E-state index is 13.5. The summed E-state index contributed by atoms with van der Waals surface area (Å²) in [6, 6.07) is 6.28. The number of fused-ring (bicyclic) bond motifs is 1. The second-order valence-corrected chi connectivity index (χ2v) is 11.4. The molecule has 212 valence electrons. The molecule has 1 aromatic carbocycles. The summed E-state index contributed by atoms with van der Waals surface area (Å²) in [5.41, 5.74) is 7.52. The monoisotopic (exact) mass is 587 g/mol. The van der Waals surface area contributed by atoms with Gasteiger partial charge in [-0.15, -0.1) is 23.1 Å². The summed E-state index contributed by atoms with van der Waals surface area (Å²) < 4.78 is 16.8. The van der Waals surface area contributed by atoms with Crippen molar-refractivity contribution in [1.29, 1.82) is 0 Å². The van der Waals surface area contributed by atoms with Gasteiger partial charge in [-0.25, -0.2) is 9.78 Å². The number of methoxy groups -OCH3 is 1. The minimum atomic E-state index is -0.886. The molecule has 0 saturated carbocycles. The van der Waals surface area contributed by atoms with Crippen LogP contribution in [0.15, 0.2) is 46.1 Å². The SMILES string of the molecule is CON=C(C(=O)N[C@@H]1C(=O)N2C(C(=O)OCc3ccc(OC)cc3)=C([C@@H]3OCC[C@@H]3C)CS[C@H]12)c1csc(N)n1. The van der Waals surface area contributed by atoms with Gasteiger partial charge < -0.3 is 30.1 Å². The second-order valence-electron chi connectivity index (χ2n) is 9.41. The maximum absolute atomic E-state index is 13.5. The number of anilines is 1.